The first-order valence-electron chi connectivity index (χ1n) is 11.7. The number of methoxy groups -OCH3 is 2. The number of anilines is 3. The summed E-state index contributed by atoms with van der Waals surface area (Å²) in [5.74, 6) is 2.18. The van der Waals surface area contributed by atoms with E-state index in [1.54, 1.807) is 20.3 Å². The van der Waals surface area contributed by atoms with Crippen LogP contribution < -0.4 is 29.6 Å². The van der Waals surface area contributed by atoms with Crippen LogP contribution in [0.15, 0.2) is 53.5 Å². The van der Waals surface area contributed by atoms with Crippen LogP contribution in [0, 0.1) is 0 Å². The fraction of sp³-hybridized carbons (Fsp3) is 0.333. The summed E-state index contributed by atoms with van der Waals surface area (Å²) in [5.41, 5.74) is 3.76. The number of aryl methyl sites for hydroxylation is 1. The number of aromatic nitrogens is 2. The summed E-state index contributed by atoms with van der Waals surface area (Å²) in [6.45, 7) is 3.50. The molecule has 35 heavy (non-hydrogen) atoms. The smallest absolute Gasteiger partial charge is 0.201 e. The molecular formula is C27H31N5O3. The van der Waals surface area contributed by atoms with Gasteiger partial charge in [0.15, 0.2) is 0 Å². The predicted molar refractivity (Wildman–Crippen MR) is 143 cm³/mol. The van der Waals surface area contributed by atoms with Gasteiger partial charge in [0.05, 0.1) is 42.0 Å². The molecular weight excluding hydrogens is 442 g/mol. The van der Waals surface area contributed by atoms with E-state index in [1.807, 2.05) is 51.6 Å². The van der Waals surface area contributed by atoms with Gasteiger partial charge in [0, 0.05) is 71.0 Å². The minimum atomic E-state index is -0.0396. The molecule has 0 amide bonds. The van der Waals surface area contributed by atoms with Crippen LogP contribution in [0.5, 0.6) is 11.5 Å². The Morgan fingerprint density at radius 1 is 0.914 bits per heavy atom. The molecule has 1 aliphatic rings. The molecule has 4 aromatic rings. The molecule has 0 unspecified atom stereocenters. The largest absolute Gasteiger partial charge is 0.497 e. The lowest BCUT2D eigenvalue weighted by Gasteiger charge is -2.38. The molecule has 0 saturated carbocycles. The maximum atomic E-state index is 13.7. The topological polar surface area (TPSA) is 63.1 Å². The van der Waals surface area contributed by atoms with Crippen molar-refractivity contribution in [3.63, 3.8) is 0 Å². The Bertz CT molecular complexity index is 1440. The number of pyridine rings is 2. The Morgan fingerprint density at radius 3 is 2.29 bits per heavy atom. The van der Waals surface area contributed by atoms with Crippen molar-refractivity contribution in [2.45, 2.75) is 0 Å². The van der Waals surface area contributed by atoms with E-state index < -0.39 is 0 Å². The average molecular weight is 474 g/mol. The van der Waals surface area contributed by atoms with Gasteiger partial charge < -0.3 is 28.7 Å². The third-order valence-electron chi connectivity index (χ3n) is 6.87. The summed E-state index contributed by atoms with van der Waals surface area (Å²) >= 11 is 0. The molecule has 3 heterocycles. The Kier molecular flexibility index (Phi) is 5.88. The van der Waals surface area contributed by atoms with Crippen LogP contribution in [0.4, 0.5) is 17.2 Å². The van der Waals surface area contributed by atoms with E-state index in [2.05, 4.69) is 36.4 Å². The number of hydrogen-bond acceptors (Lipinski definition) is 7. The minimum absolute atomic E-state index is 0.0396. The number of hydrogen-bond donors (Lipinski definition) is 0. The number of fused-ring (bicyclic) bond motifs is 2. The molecule has 2 aromatic carbocycles. The van der Waals surface area contributed by atoms with E-state index in [9.17, 15) is 4.79 Å². The number of rotatable bonds is 5. The zero-order chi connectivity index (χ0) is 24.7. The van der Waals surface area contributed by atoms with E-state index in [-0.39, 0.29) is 5.43 Å². The van der Waals surface area contributed by atoms with Crippen LogP contribution >= 0.6 is 0 Å². The van der Waals surface area contributed by atoms with Gasteiger partial charge in [-0.15, -0.1) is 0 Å². The average Bonchev–Trinajstić information content (AvgIpc) is 2.90. The molecule has 8 heteroatoms. The van der Waals surface area contributed by atoms with Crippen molar-refractivity contribution in [3.05, 3.63) is 58.9 Å². The Balaban J connectivity index is 1.63. The fourth-order valence-corrected chi connectivity index (χ4v) is 4.97. The van der Waals surface area contributed by atoms with E-state index >= 15 is 0 Å². The molecule has 182 valence electrons. The highest BCUT2D eigenvalue weighted by Gasteiger charge is 2.23. The third-order valence-corrected chi connectivity index (χ3v) is 6.87. The summed E-state index contributed by atoms with van der Waals surface area (Å²) in [6, 6.07) is 13.8. The van der Waals surface area contributed by atoms with E-state index in [4.69, 9.17) is 9.47 Å². The van der Waals surface area contributed by atoms with Crippen LogP contribution in [0.2, 0.25) is 0 Å². The predicted octanol–water partition coefficient (Wildman–Crippen LogP) is 3.50. The molecule has 0 bridgehead atoms. The lowest BCUT2D eigenvalue weighted by molar-refractivity contribution is 0.397. The minimum Gasteiger partial charge on any atom is -0.497 e. The summed E-state index contributed by atoms with van der Waals surface area (Å²) in [6.07, 6.45) is 1.84. The van der Waals surface area contributed by atoms with Crippen molar-refractivity contribution in [2.24, 2.45) is 7.05 Å². The number of benzene rings is 2. The van der Waals surface area contributed by atoms with Gasteiger partial charge in [0.2, 0.25) is 5.43 Å². The maximum absolute atomic E-state index is 13.7. The van der Waals surface area contributed by atoms with Crippen molar-refractivity contribution in [2.75, 3.05) is 69.2 Å². The van der Waals surface area contributed by atoms with Crippen molar-refractivity contribution in [3.8, 4) is 11.5 Å². The van der Waals surface area contributed by atoms with Crippen molar-refractivity contribution < 1.29 is 9.47 Å². The van der Waals surface area contributed by atoms with Gasteiger partial charge in [-0.3, -0.25) is 4.79 Å². The van der Waals surface area contributed by atoms with Gasteiger partial charge in [0.1, 0.15) is 17.3 Å². The fourth-order valence-electron chi connectivity index (χ4n) is 4.97. The first-order chi connectivity index (χ1) is 16.9. The maximum Gasteiger partial charge on any atom is 0.201 e. The monoisotopic (exact) mass is 473 g/mol. The van der Waals surface area contributed by atoms with Crippen LogP contribution in [-0.2, 0) is 7.05 Å². The second-order valence-corrected chi connectivity index (χ2v) is 9.03. The van der Waals surface area contributed by atoms with Gasteiger partial charge in [-0.05, 0) is 24.3 Å². The molecule has 0 N–H and O–H groups in total. The first kappa shape index (κ1) is 22.8. The second kappa shape index (κ2) is 9.02. The molecule has 0 atom stereocenters. The molecule has 5 rings (SSSR count). The zero-order valence-electron chi connectivity index (χ0n) is 20.9. The number of piperazine rings is 1. The van der Waals surface area contributed by atoms with Gasteiger partial charge >= 0.3 is 0 Å². The molecule has 2 aromatic heterocycles. The Labute approximate surface area is 204 Å². The molecule has 1 fully saturated rings. The van der Waals surface area contributed by atoms with Gasteiger partial charge in [-0.1, -0.05) is 6.07 Å². The summed E-state index contributed by atoms with van der Waals surface area (Å²) < 4.78 is 13.1. The van der Waals surface area contributed by atoms with Crippen molar-refractivity contribution in [1.29, 1.82) is 0 Å². The van der Waals surface area contributed by atoms with Gasteiger partial charge in [-0.25, -0.2) is 4.98 Å². The Morgan fingerprint density at radius 2 is 1.66 bits per heavy atom. The first-order valence-corrected chi connectivity index (χ1v) is 11.7. The highest BCUT2D eigenvalue weighted by Crippen LogP contribution is 2.36. The molecule has 0 radical (unpaired) electrons. The summed E-state index contributed by atoms with van der Waals surface area (Å²) in [5, 5.41) is 1.23. The lowest BCUT2D eigenvalue weighted by atomic mass is 10.1. The highest BCUT2D eigenvalue weighted by molar-refractivity contribution is 6.00. The standard InChI is InChI=1S/C27H31N5O3/c1-29(2)21-16-19-20(30(3)23-14-18(34-4)15-24(35-5)26(23)27(19)33)17-22(21)31-10-12-32(13-11-31)25-8-6-7-9-28-25/h6-9,14-17H,10-13H2,1-5H3. The van der Waals surface area contributed by atoms with Crippen LogP contribution in [0.3, 0.4) is 0 Å². The van der Waals surface area contributed by atoms with Crippen molar-refractivity contribution >= 4 is 39.0 Å². The normalized spacial score (nSPS) is 14.0. The quantitative estimate of drug-likeness (QED) is 0.411. The van der Waals surface area contributed by atoms with Gasteiger partial charge in [0.25, 0.3) is 0 Å². The summed E-state index contributed by atoms with van der Waals surface area (Å²) in [7, 11) is 9.22. The van der Waals surface area contributed by atoms with Crippen LogP contribution in [0.25, 0.3) is 21.8 Å². The van der Waals surface area contributed by atoms with Crippen LogP contribution in [0.1, 0.15) is 0 Å². The number of ether oxygens (including phenoxy) is 2. The highest BCUT2D eigenvalue weighted by atomic mass is 16.5. The van der Waals surface area contributed by atoms with E-state index in [0.29, 0.717) is 22.3 Å². The lowest BCUT2D eigenvalue weighted by Crippen LogP contribution is -2.47. The van der Waals surface area contributed by atoms with E-state index in [1.165, 1.54) is 0 Å². The number of nitrogens with zero attached hydrogens (tertiary/aromatic N) is 5. The molecule has 8 nitrogen and oxygen atoms in total. The van der Waals surface area contributed by atoms with Crippen molar-refractivity contribution in [1.82, 2.24) is 9.55 Å². The molecule has 1 aliphatic heterocycles. The molecule has 0 aliphatic carbocycles. The second-order valence-electron chi connectivity index (χ2n) is 9.03. The van der Waals surface area contributed by atoms with E-state index in [0.717, 1.165) is 54.4 Å². The molecule has 0 spiro atoms. The zero-order valence-corrected chi connectivity index (χ0v) is 20.9. The third kappa shape index (κ3) is 3.88. The Hall–Kier alpha value is -3.94. The summed E-state index contributed by atoms with van der Waals surface area (Å²) in [4.78, 5) is 25.0. The van der Waals surface area contributed by atoms with Gasteiger partial charge in [-0.2, -0.15) is 0 Å². The molecule has 1 saturated heterocycles. The SMILES string of the molecule is COc1cc(OC)c2c(=O)c3cc(N(C)C)c(N4CCN(c5ccccn5)CC4)cc3n(C)c2c1. The van der Waals surface area contributed by atoms with Crippen LogP contribution in [-0.4, -0.2) is 64.0 Å².